The van der Waals surface area contributed by atoms with Gasteiger partial charge in [-0.05, 0) is 12.0 Å². The molecule has 2 rings (SSSR count). The number of likely N-dealkylation sites (tertiary alicyclic amines) is 1. The summed E-state index contributed by atoms with van der Waals surface area (Å²) in [6.45, 7) is 7.06. The summed E-state index contributed by atoms with van der Waals surface area (Å²) in [7, 11) is 0. The van der Waals surface area contributed by atoms with Crippen molar-refractivity contribution in [1.82, 2.24) is 14.9 Å². The van der Waals surface area contributed by atoms with E-state index >= 15 is 0 Å². The van der Waals surface area contributed by atoms with Crippen molar-refractivity contribution in [3.63, 3.8) is 0 Å². The molecular weight excluding hydrogens is 188 g/mol. The van der Waals surface area contributed by atoms with E-state index < -0.39 is 0 Å². The van der Waals surface area contributed by atoms with Gasteiger partial charge >= 0.3 is 0 Å². The molecule has 1 fully saturated rings. The highest BCUT2D eigenvalue weighted by atomic mass is 15.3. The van der Waals surface area contributed by atoms with Gasteiger partial charge in [0.25, 0.3) is 0 Å². The molecular formula is C11H18N4. The van der Waals surface area contributed by atoms with Gasteiger partial charge in [0.05, 0.1) is 6.54 Å². The van der Waals surface area contributed by atoms with Gasteiger partial charge in [-0.25, -0.2) is 9.97 Å². The van der Waals surface area contributed by atoms with Crippen molar-refractivity contribution in [3.05, 3.63) is 24.3 Å². The molecule has 2 heterocycles. The van der Waals surface area contributed by atoms with Crippen molar-refractivity contribution in [1.29, 1.82) is 0 Å². The standard InChI is InChI=1S/C11H18N4/c1-9(2)11(12)7-15(8-11)6-10-13-4-3-5-14-10/h3-5,9H,6-8,12H2,1-2H3. The summed E-state index contributed by atoms with van der Waals surface area (Å²) < 4.78 is 0. The van der Waals surface area contributed by atoms with E-state index in [4.69, 9.17) is 5.73 Å². The van der Waals surface area contributed by atoms with Gasteiger partial charge < -0.3 is 5.73 Å². The van der Waals surface area contributed by atoms with Crippen LogP contribution in [-0.4, -0.2) is 33.5 Å². The van der Waals surface area contributed by atoms with Gasteiger partial charge in [0.15, 0.2) is 0 Å². The predicted molar refractivity (Wildman–Crippen MR) is 59.1 cm³/mol. The minimum absolute atomic E-state index is 0.00518. The Balaban J connectivity index is 1.86. The molecule has 1 saturated heterocycles. The first-order chi connectivity index (χ1) is 7.10. The van der Waals surface area contributed by atoms with Crippen LogP contribution in [0.3, 0.4) is 0 Å². The molecule has 1 aliphatic rings. The Morgan fingerprint density at radius 1 is 1.40 bits per heavy atom. The van der Waals surface area contributed by atoms with Crippen LogP contribution in [0.25, 0.3) is 0 Å². The zero-order valence-corrected chi connectivity index (χ0v) is 9.35. The van der Waals surface area contributed by atoms with Crippen LogP contribution in [0.4, 0.5) is 0 Å². The molecule has 15 heavy (non-hydrogen) atoms. The molecule has 0 saturated carbocycles. The molecule has 0 atom stereocenters. The molecule has 0 amide bonds. The van der Waals surface area contributed by atoms with Crippen molar-refractivity contribution in [3.8, 4) is 0 Å². The number of rotatable bonds is 3. The van der Waals surface area contributed by atoms with Crippen molar-refractivity contribution in [2.75, 3.05) is 13.1 Å². The van der Waals surface area contributed by atoms with Crippen LogP contribution in [0.1, 0.15) is 19.7 Å². The monoisotopic (exact) mass is 206 g/mol. The van der Waals surface area contributed by atoms with Gasteiger partial charge in [-0.3, -0.25) is 4.90 Å². The second-order valence-electron chi connectivity index (χ2n) is 4.70. The van der Waals surface area contributed by atoms with Crippen molar-refractivity contribution < 1.29 is 0 Å². The largest absolute Gasteiger partial charge is 0.323 e. The first-order valence-corrected chi connectivity index (χ1v) is 5.37. The number of aromatic nitrogens is 2. The summed E-state index contributed by atoms with van der Waals surface area (Å²) >= 11 is 0. The summed E-state index contributed by atoms with van der Waals surface area (Å²) in [5.41, 5.74) is 6.20. The SMILES string of the molecule is CC(C)C1(N)CN(Cc2ncccn2)C1. The minimum Gasteiger partial charge on any atom is -0.323 e. The zero-order chi connectivity index (χ0) is 10.9. The van der Waals surface area contributed by atoms with Gasteiger partial charge in [0.2, 0.25) is 0 Å². The molecule has 0 spiro atoms. The lowest BCUT2D eigenvalue weighted by molar-refractivity contribution is 0.0293. The van der Waals surface area contributed by atoms with Crippen molar-refractivity contribution in [2.24, 2.45) is 11.7 Å². The van der Waals surface area contributed by atoms with Crippen LogP contribution in [0.5, 0.6) is 0 Å². The fourth-order valence-electron chi connectivity index (χ4n) is 1.87. The maximum Gasteiger partial charge on any atom is 0.142 e. The topological polar surface area (TPSA) is 55.0 Å². The Morgan fingerprint density at radius 2 is 2.00 bits per heavy atom. The Labute approximate surface area is 90.5 Å². The summed E-state index contributed by atoms with van der Waals surface area (Å²) in [6.07, 6.45) is 3.56. The third-order valence-electron chi connectivity index (χ3n) is 3.17. The van der Waals surface area contributed by atoms with E-state index in [1.165, 1.54) is 0 Å². The van der Waals surface area contributed by atoms with E-state index in [9.17, 15) is 0 Å². The van der Waals surface area contributed by atoms with E-state index in [1.54, 1.807) is 12.4 Å². The Kier molecular flexibility index (Phi) is 2.71. The third kappa shape index (κ3) is 2.16. The van der Waals surface area contributed by atoms with Crippen LogP contribution in [-0.2, 0) is 6.54 Å². The van der Waals surface area contributed by atoms with E-state index in [2.05, 4.69) is 28.7 Å². The minimum atomic E-state index is -0.00518. The average Bonchev–Trinajstić information content (AvgIpc) is 2.16. The summed E-state index contributed by atoms with van der Waals surface area (Å²) in [5.74, 6) is 1.41. The molecule has 2 N–H and O–H groups in total. The lowest BCUT2D eigenvalue weighted by Crippen LogP contribution is -2.69. The molecule has 4 nitrogen and oxygen atoms in total. The highest BCUT2D eigenvalue weighted by Crippen LogP contribution is 2.26. The number of nitrogens with two attached hydrogens (primary N) is 1. The highest BCUT2D eigenvalue weighted by molar-refractivity contribution is 5.03. The molecule has 1 aromatic rings. The fraction of sp³-hybridized carbons (Fsp3) is 0.636. The maximum atomic E-state index is 6.21. The second-order valence-corrected chi connectivity index (χ2v) is 4.70. The van der Waals surface area contributed by atoms with E-state index in [0.29, 0.717) is 5.92 Å². The molecule has 0 radical (unpaired) electrons. The molecule has 1 aromatic heterocycles. The van der Waals surface area contributed by atoms with Gasteiger partial charge in [0.1, 0.15) is 5.82 Å². The lowest BCUT2D eigenvalue weighted by atomic mass is 9.80. The maximum absolute atomic E-state index is 6.21. The zero-order valence-electron chi connectivity index (χ0n) is 9.35. The van der Waals surface area contributed by atoms with Crippen molar-refractivity contribution >= 4 is 0 Å². The van der Waals surface area contributed by atoms with Gasteiger partial charge in [0, 0.05) is 31.0 Å². The molecule has 1 aliphatic heterocycles. The van der Waals surface area contributed by atoms with Crippen LogP contribution >= 0.6 is 0 Å². The van der Waals surface area contributed by atoms with Crippen LogP contribution in [0, 0.1) is 5.92 Å². The van der Waals surface area contributed by atoms with Crippen LogP contribution in [0.15, 0.2) is 18.5 Å². The van der Waals surface area contributed by atoms with E-state index in [-0.39, 0.29) is 5.54 Å². The second kappa shape index (κ2) is 3.87. The summed E-state index contributed by atoms with van der Waals surface area (Å²) in [4.78, 5) is 10.7. The fourth-order valence-corrected chi connectivity index (χ4v) is 1.87. The Bertz CT molecular complexity index is 317. The molecule has 82 valence electrons. The summed E-state index contributed by atoms with van der Waals surface area (Å²) in [5, 5.41) is 0. The molecule has 0 aromatic carbocycles. The van der Waals surface area contributed by atoms with Crippen molar-refractivity contribution in [2.45, 2.75) is 25.9 Å². The van der Waals surface area contributed by atoms with Gasteiger partial charge in [-0.1, -0.05) is 13.8 Å². The molecule has 0 unspecified atom stereocenters. The quantitative estimate of drug-likeness (QED) is 0.788. The van der Waals surface area contributed by atoms with Gasteiger partial charge in [-0.2, -0.15) is 0 Å². The number of nitrogens with zero attached hydrogens (tertiary/aromatic N) is 3. The van der Waals surface area contributed by atoms with Crippen LogP contribution in [0.2, 0.25) is 0 Å². The highest BCUT2D eigenvalue weighted by Gasteiger charge is 2.41. The molecule has 4 heteroatoms. The third-order valence-corrected chi connectivity index (χ3v) is 3.17. The first-order valence-electron chi connectivity index (χ1n) is 5.37. The smallest absolute Gasteiger partial charge is 0.142 e. The normalized spacial score (nSPS) is 20.3. The van der Waals surface area contributed by atoms with E-state index in [1.807, 2.05) is 6.07 Å². The first kappa shape index (κ1) is 10.5. The Hall–Kier alpha value is -1.00. The Morgan fingerprint density at radius 3 is 2.53 bits per heavy atom. The molecule has 0 aliphatic carbocycles. The number of hydrogen-bond acceptors (Lipinski definition) is 4. The predicted octanol–water partition coefficient (Wildman–Crippen LogP) is 0.646. The number of hydrogen-bond donors (Lipinski definition) is 1. The van der Waals surface area contributed by atoms with Crippen LogP contribution < -0.4 is 5.73 Å². The molecule has 0 bridgehead atoms. The van der Waals surface area contributed by atoms with Gasteiger partial charge in [-0.15, -0.1) is 0 Å². The van der Waals surface area contributed by atoms with E-state index in [0.717, 1.165) is 25.5 Å². The average molecular weight is 206 g/mol. The lowest BCUT2D eigenvalue weighted by Gasteiger charge is -2.50. The summed E-state index contributed by atoms with van der Waals surface area (Å²) in [6, 6.07) is 1.83.